The Morgan fingerprint density at radius 3 is 2.72 bits per heavy atom. The van der Waals surface area contributed by atoms with Crippen molar-refractivity contribution in [3.8, 4) is 5.69 Å². The van der Waals surface area contributed by atoms with E-state index in [0.717, 1.165) is 53.7 Å². The number of carbonyl (C=O) groups is 1. The Hall–Kier alpha value is -3.82. The Kier molecular flexibility index (Phi) is 5.66. The monoisotopic (exact) mass is 581 g/mol. The molecule has 7 unspecified atom stereocenters. The molecule has 222 valence electrons. The van der Waals surface area contributed by atoms with Gasteiger partial charge in [0.2, 0.25) is 5.95 Å². The topological polar surface area (TPSA) is 116 Å². The molecule has 0 spiro atoms. The Morgan fingerprint density at radius 2 is 1.93 bits per heavy atom. The molecule has 0 aliphatic heterocycles. The number of allylic oxidation sites excluding steroid dienone is 1. The number of halogens is 1. The van der Waals surface area contributed by atoms with Gasteiger partial charge in [0.25, 0.3) is 5.91 Å². The lowest BCUT2D eigenvalue weighted by molar-refractivity contribution is -0.177. The molecule has 0 saturated heterocycles. The minimum absolute atomic E-state index is 0.00804. The molecule has 9 heteroatoms. The number of nitrogens with zero attached hydrogens (tertiary/aromatic N) is 3. The van der Waals surface area contributed by atoms with E-state index < -0.39 is 23.0 Å². The zero-order chi connectivity index (χ0) is 29.7. The molecular formula is C34H36FN5O3. The quantitative estimate of drug-likeness (QED) is 0.258. The number of aliphatic hydroxyl groups is 2. The van der Waals surface area contributed by atoms with E-state index in [2.05, 4.69) is 33.4 Å². The molecule has 4 aliphatic rings. The first-order chi connectivity index (χ1) is 20.6. The van der Waals surface area contributed by atoms with Gasteiger partial charge in [0, 0.05) is 5.41 Å². The van der Waals surface area contributed by atoms with Gasteiger partial charge < -0.3 is 15.2 Å². The third-order valence-corrected chi connectivity index (χ3v) is 11.6. The predicted octanol–water partition coefficient (Wildman–Crippen LogP) is 5.41. The van der Waals surface area contributed by atoms with Crippen LogP contribution in [0, 0.1) is 34.4 Å². The summed E-state index contributed by atoms with van der Waals surface area (Å²) in [4.78, 5) is 21.4. The van der Waals surface area contributed by atoms with Crippen LogP contribution in [0.2, 0.25) is 0 Å². The smallest absolute Gasteiger partial charge is 0.259 e. The van der Waals surface area contributed by atoms with Crippen LogP contribution in [0.5, 0.6) is 0 Å². The molecule has 3 fully saturated rings. The fraction of sp³-hybridized carbons (Fsp3) is 0.441. The van der Waals surface area contributed by atoms with Gasteiger partial charge >= 0.3 is 0 Å². The molecule has 0 bridgehead atoms. The number of H-pyrrole nitrogens is 1. The van der Waals surface area contributed by atoms with Crippen LogP contribution in [-0.2, 0) is 11.2 Å². The van der Waals surface area contributed by atoms with Crippen molar-refractivity contribution in [2.75, 3.05) is 5.32 Å². The van der Waals surface area contributed by atoms with Crippen LogP contribution in [0.4, 0.5) is 10.3 Å². The highest BCUT2D eigenvalue weighted by Crippen LogP contribution is 2.67. The number of hydrogen-bond acceptors (Lipinski definition) is 5. The number of hydrogen-bond donors (Lipinski definition) is 4. The van der Waals surface area contributed by atoms with Crippen molar-refractivity contribution in [1.82, 2.24) is 19.7 Å². The summed E-state index contributed by atoms with van der Waals surface area (Å²) in [5, 5.41) is 31.6. The number of aromatic amines is 1. The summed E-state index contributed by atoms with van der Waals surface area (Å²) in [7, 11) is 0. The molecule has 7 atom stereocenters. The van der Waals surface area contributed by atoms with Gasteiger partial charge in [0.15, 0.2) is 0 Å². The maximum atomic E-state index is 13.8. The number of aromatic nitrogens is 4. The number of aliphatic hydroxyl groups excluding tert-OH is 1. The van der Waals surface area contributed by atoms with Crippen LogP contribution in [0.3, 0.4) is 0 Å². The first kappa shape index (κ1) is 26.8. The lowest BCUT2D eigenvalue weighted by Gasteiger charge is -2.60. The Morgan fingerprint density at radius 1 is 1.14 bits per heavy atom. The summed E-state index contributed by atoms with van der Waals surface area (Å²) < 4.78 is 15.5. The number of imidazole rings is 1. The van der Waals surface area contributed by atoms with E-state index in [4.69, 9.17) is 0 Å². The first-order valence-corrected chi connectivity index (χ1v) is 15.3. The number of nitrogens with one attached hydrogen (secondary N) is 2. The van der Waals surface area contributed by atoms with Crippen LogP contribution < -0.4 is 5.32 Å². The molecule has 0 radical (unpaired) electrons. The van der Waals surface area contributed by atoms with Crippen LogP contribution in [0.1, 0.15) is 57.2 Å². The third-order valence-electron chi connectivity index (χ3n) is 11.6. The summed E-state index contributed by atoms with van der Waals surface area (Å²) >= 11 is 0. The number of anilines is 1. The van der Waals surface area contributed by atoms with E-state index in [0.29, 0.717) is 18.8 Å². The summed E-state index contributed by atoms with van der Waals surface area (Å²) in [6.07, 6.45) is 7.44. The average molecular weight is 582 g/mol. The summed E-state index contributed by atoms with van der Waals surface area (Å²) in [6.45, 7) is 4.27. The van der Waals surface area contributed by atoms with Crippen molar-refractivity contribution in [1.29, 1.82) is 0 Å². The van der Waals surface area contributed by atoms with E-state index in [9.17, 15) is 19.4 Å². The molecule has 2 aromatic carbocycles. The number of fused-ring (bicyclic) bond motifs is 7. The van der Waals surface area contributed by atoms with Gasteiger partial charge in [-0.05, 0) is 110 Å². The van der Waals surface area contributed by atoms with Gasteiger partial charge in [0.05, 0.1) is 34.7 Å². The predicted molar refractivity (Wildman–Crippen MR) is 161 cm³/mol. The number of benzene rings is 2. The fourth-order valence-electron chi connectivity index (χ4n) is 9.57. The molecule has 4 N–H and O–H groups in total. The van der Waals surface area contributed by atoms with Gasteiger partial charge in [-0.2, -0.15) is 5.10 Å². The second-order valence-corrected chi connectivity index (χ2v) is 13.7. The minimum atomic E-state index is -1.62. The standard InChI is InChI=1S/C34H36FN5O3/c1-32-16-19-18-36-40(22-10-8-21(35)9-11-22)27(19)15-20(32)7-12-23-24-13-14-34(43,33(24,2)17-28(41)29(23)32)30(42)39-31-37-25-5-3-4-6-26(25)38-31/h3-6,8-11,15,18,23-24,28-29,41,43H,7,12-14,16-17H2,1-2H3,(H2,37,38,39,42). The molecule has 8 nitrogen and oxygen atoms in total. The first-order valence-electron chi connectivity index (χ1n) is 15.3. The summed E-state index contributed by atoms with van der Waals surface area (Å²) in [6, 6.07) is 13.9. The Balaban J connectivity index is 1.08. The normalized spacial score (nSPS) is 34.6. The van der Waals surface area contributed by atoms with E-state index in [1.165, 1.54) is 17.7 Å². The molecule has 2 heterocycles. The molecule has 4 aromatic rings. The van der Waals surface area contributed by atoms with E-state index in [1.54, 1.807) is 12.1 Å². The molecule has 1 amide bonds. The second-order valence-electron chi connectivity index (χ2n) is 13.7. The van der Waals surface area contributed by atoms with E-state index >= 15 is 0 Å². The molecule has 8 rings (SSSR count). The second kappa shape index (κ2) is 9.09. The van der Waals surface area contributed by atoms with Crippen molar-refractivity contribution < 1.29 is 19.4 Å². The summed E-state index contributed by atoms with van der Waals surface area (Å²) in [5.41, 5.74) is 3.17. The van der Waals surface area contributed by atoms with Gasteiger partial charge in [-0.15, -0.1) is 0 Å². The molecule has 3 saturated carbocycles. The van der Waals surface area contributed by atoms with Crippen molar-refractivity contribution in [3.05, 3.63) is 77.4 Å². The van der Waals surface area contributed by atoms with Crippen molar-refractivity contribution in [2.45, 2.75) is 64.1 Å². The minimum Gasteiger partial charge on any atom is -0.393 e. The average Bonchev–Trinajstić information content (AvgIpc) is 3.65. The van der Waals surface area contributed by atoms with Crippen LogP contribution in [0.15, 0.2) is 60.3 Å². The number of para-hydroxylation sites is 2. The molecule has 2 aromatic heterocycles. The zero-order valence-electron chi connectivity index (χ0n) is 24.3. The van der Waals surface area contributed by atoms with Crippen LogP contribution in [0.25, 0.3) is 22.8 Å². The maximum Gasteiger partial charge on any atom is 0.259 e. The Bertz CT molecular complexity index is 1760. The van der Waals surface area contributed by atoms with Crippen molar-refractivity contribution in [2.24, 2.45) is 28.6 Å². The lowest BCUT2D eigenvalue weighted by Crippen LogP contribution is -2.62. The van der Waals surface area contributed by atoms with Crippen LogP contribution in [-0.4, -0.2) is 47.6 Å². The number of rotatable bonds is 3. The molecule has 43 heavy (non-hydrogen) atoms. The highest BCUT2D eigenvalue weighted by Gasteiger charge is 2.68. The van der Waals surface area contributed by atoms with Gasteiger partial charge in [-0.25, -0.2) is 14.1 Å². The number of amides is 1. The van der Waals surface area contributed by atoms with Gasteiger partial charge in [-0.3, -0.25) is 10.1 Å². The fourth-order valence-corrected chi connectivity index (χ4v) is 9.57. The lowest BCUT2D eigenvalue weighted by atomic mass is 9.45. The third kappa shape index (κ3) is 3.70. The maximum absolute atomic E-state index is 13.8. The SMILES string of the molecule is CC12Cc3cnn(-c4ccc(F)cc4)c3C=C1CCC1C2C(O)CC2(C)C1CCC2(O)C(=O)Nc1nc2ccccc2[nH]1. The summed E-state index contributed by atoms with van der Waals surface area (Å²) in [5.74, 6) is -0.126. The highest BCUT2D eigenvalue weighted by atomic mass is 19.1. The van der Waals surface area contributed by atoms with E-state index in [1.807, 2.05) is 42.1 Å². The zero-order valence-corrected chi connectivity index (χ0v) is 24.3. The van der Waals surface area contributed by atoms with Crippen molar-refractivity contribution >= 4 is 29.0 Å². The Labute approximate surface area is 249 Å². The van der Waals surface area contributed by atoms with E-state index in [-0.39, 0.29) is 29.0 Å². The van der Waals surface area contributed by atoms with Gasteiger partial charge in [-0.1, -0.05) is 31.6 Å². The highest BCUT2D eigenvalue weighted by molar-refractivity contribution is 5.98. The molecule has 4 aliphatic carbocycles. The van der Waals surface area contributed by atoms with Gasteiger partial charge in [0.1, 0.15) is 11.4 Å². The number of carbonyl (C=O) groups excluding carboxylic acids is 1. The largest absolute Gasteiger partial charge is 0.393 e. The van der Waals surface area contributed by atoms with Crippen LogP contribution >= 0.6 is 0 Å². The molecular weight excluding hydrogens is 545 g/mol. The van der Waals surface area contributed by atoms with Crippen molar-refractivity contribution in [3.63, 3.8) is 0 Å².